The zero-order valence-corrected chi connectivity index (χ0v) is 12.0. The summed E-state index contributed by atoms with van der Waals surface area (Å²) in [6.07, 6.45) is 3.71. The average Bonchev–Trinajstić information content (AvgIpc) is 2.96. The molecule has 0 bridgehead atoms. The highest BCUT2D eigenvalue weighted by molar-refractivity contribution is 5.36. The van der Waals surface area contributed by atoms with Crippen molar-refractivity contribution in [2.75, 3.05) is 7.05 Å². The minimum atomic E-state index is 0.295. The van der Waals surface area contributed by atoms with Crippen LogP contribution >= 0.6 is 0 Å². The summed E-state index contributed by atoms with van der Waals surface area (Å²) in [5, 5.41) is 3.45. The molecule has 104 valence electrons. The van der Waals surface area contributed by atoms with E-state index in [0.29, 0.717) is 12.0 Å². The lowest BCUT2D eigenvalue weighted by Crippen LogP contribution is -2.22. The molecule has 2 atom stereocenters. The van der Waals surface area contributed by atoms with Crippen LogP contribution in [0.3, 0.4) is 0 Å². The second kappa shape index (κ2) is 5.73. The number of aromatic nitrogens is 1. The average molecular weight is 268 g/mol. The zero-order chi connectivity index (χ0) is 13.9. The number of pyridine rings is 1. The van der Waals surface area contributed by atoms with Crippen LogP contribution in [0.2, 0.25) is 0 Å². The first-order chi connectivity index (χ1) is 9.79. The van der Waals surface area contributed by atoms with Gasteiger partial charge in [0.2, 0.25) is 0 Å². The third-order valence-electron chi connectivity index (χ3n) is 4.15. The van der Waals surface area contributed by atoms with Gasteiger partial charge < -0.3 is 10.1 Å². The molecule has 2 aromatic rings. The monoisotopic (exact) mass is 268 g/mol. The first-order valence-corrected chi connectivity index (χ1v) is 7.06. The van der Waals surface area contributed by atoms with E-state index >= 15 is 0 Å². The molecule has 3 nitrogen and oxygen atoms in total. The minimum Gasteiger partial charge on any atom is -0.372 e. The Bertz CT molecular complexity index is 583. The van der Waals surface area contributed by atoms with Crippen molar-refractivity contribution in [3.8, 4) is 0 Å². The summed E-state index contributed by atoms with van der Waals surface area (Å²) in [6, 6.07) is 11.2. The summed E-state index contributed by atoms with van der Waals surface area (Å²) >= 11 is 0. The van der Waals surface area contributed by atoms with Crippen molar-refractivity contribution < 1.29 is 4.74 Å². The van der Waals surface area contributed by atoms with Gasteiger partial charge in [0.05, 0.1) is 13.2 Å². The van der Waals surface area contributed by atoms with Crippen molar-refractivity contribution in [1.82, 2.24) is 10.3 Å². The van der Waals surface area contributed by atoms with Crippen molar-refractivity contribution in [3.05, 3.63) is 65.0 Å². The van der Waals surface area contributed by atoms with Crippen LogP contribution in [0.25, 0.3) is 0 Å². The molecule has 3 rings (SSSR count). The predicted molar refractivity (Wildman–Crippen MR) is 79.4 cm³/mol. The molecule has 20 heavy (non-hydrogen) atoms. The maximum Gasteiger partial charge on any atom is 0.0725 e. The Kier molecular flexibility index (Phi) is 3.81. The summed E-state index contributed by atoms with van der Waals surface area (Å²) in [7, 11) is 2.02. The van der Waals surface area contributed by atoms with E-state index in [-0.39, 0.29) is 0 Å². The second-order valence-corrected chi connectivity index (χ2v) is 5.36. The Hall–Kier alpha value is -1.71. The Morgan fingerprint density at radius 1 is 1.05 bits per heavy atom. The standard InChI is InChI=1S/C17H20N2O/c1-12(13-5-7-19-8-6-13)17(18-2)14-3-4-15-10-20-11-16(15)9-14/h3-9,12,17-18H,10-11H2,1-2H3. The fourth-order valence-electron chi connectivity index (χ4n) is 2.95. The van der Waals surface area contributed by atoms with Gasteiger partial charge in [-0.05, 0) is 41.4 Å². The Morgan fingerprint density at radius 3 is 2.55 bits per heavy atom. The highest BCUT2D eigenvalue weighted by atomic mass is 16.5. The van der Waals surface area contributed by atoms with E-state index in [0.717, 1.165) is 13.2 Å². The first kappa shape index (κ1) is 13.3. The summed E-state index contributed by atoms with van der Waals surface area (Å²) in [5.74, 6) is 0.392. The number of nitrogens with one attached hydrogen (secondary N) is 1. The number of benzene rings is 1. The lowest BCUT2D eigenvalue weighted by molar-refractivity contribution is 0.134. The molecule has 1 aromatic heterocycles. The van der Waals surface area contributed by atoms with Crippen molar-refractivity contribution in [2.45, 2.75) is 32.1 Å². The van der Waals surface area contributed by atoms with E-state index < -0.39 is 0 Å². The van der Waals surface area contributed by atoms with Gasteiger partial charge in [0.15, 0.2) is 0 Å². The number of hydrogen-bond acceptors (Lipinski definition) is 3. The molecule has 1 N–H and O–H groups in total. The molecule has 0 radical (unpaired) electrons. The van der Waals surface area contributed by atoms with Crippen LogP contribution in [-0.4, -0.2) is 12.0 Å². The minimum absolute atomic E-state index is 0.295. The van der Waals surface area contributed by atoms with Gasteiger partial charge >= 0.3 is 0 Å². The molecule has 0 aliphatic carbocycles. The van der Waals surface area contributed by atoms with Crippen LogP contribution in [-0.2, 0) is 18.0 Å². The van der Waals surface area contributed by atoms with Crippen LogP contribution in [0.1, 0.15) is 41.1 Å². The van der Waals surface area contributed by atoms with Crippen LogP contribution < -0.4 is 5.32 Å². The lowest BCUT2D eigenvalue weighted by Gasteiger charge is -2.25. The normalized spacial score (nSPS) is 16.7. The van der Waals surface area contributed by atoms with Crippen LogP contribution in [0.5, 0.6) is 0 Å². The highest BCUT2D eigenvalue weighted by Gasteiger charge is 2.21. The number of rotatable bonds is 4. The fraction of sp³-hybridized carbons (Fsp3) is 0.353. The summed E-state index contributed by atoms with van der Waals surface area (Å²) in [4.78, 5) is 4.10. The van der Waals surface area contributed by atoms with E-state index in [1.807, 2.05) is 19.4 Å². The Balaban J connectivity index is 1.90. The predicted octanol–water partition coefficient (Wildman–Crippen LogP) is 3.18. The summed E-state index contributed by atoms with van der Waals surface area (Å²) in [5.41, 5.74) is 5.27. The van der Waals surface area contributed by atoms with Gasteiger partial charge in [0, 0.05) is 24.4 Å². The van der Waals surface area contributed by atoms with Gasteiger partial charge in [-0.3, -0.25) is 4.98 Å². The maximum absolute atomic E-state index is 5.50. The van der Waals surface area contributed by atoms with Gasteiger partial charge in [-0.2, -0.15) is 0 Å². The van der Waals surface area contributed by atoms with Crippen LogP contribution in [0.15, 0.2) is 42.7 Å². The van der Waals surface area contributed by atoms with Gasteiger partial charge in [0.1, 0.15) is 0 Å². The molecule has 1 aliphatic heterocycles. The largest absolute Gasteiger partial charge is 0.372 e. The Labute approximate surface area is 120 Å². The molecule has 0 saturated heterocycles. The van der Waals surface area contributed by atoms with Crippen molar-refractivity contribution in [3.63, 3.8) is 0 Å². The van der Waals surface area contributed by atoms with Crippen molar-refractivity contribution in [1.29, 1.82) is 0 Å². The van der Waals surface area contributed by atoms with E-state index in [1.54, 1.807) is 0 Å². The number of nitrogens with zero attached hydrogens (tertiary/aromatic N) is 1. The smallest absolute Gasteiger partial charge is 0.0725 e. The second-order valence-electron chi connectivity index (χ2n) is 5.36. The fourth-order valence-corrected chi connectivity index (χ4v) is 2.95. The van der Waals surface area contributed by atoms with Crippen LogP contribution in [0, 0.1) is 0 Å². The lowest BCUT2D eigenvalue weighted by atomic mass is 9.88. The number of likely N-dealkylation sites (N-methyl/N-ethyl adjacent to an activating group) is 1. The van der Waals surface area contributed by atoms with Crippen molar-refractivity contribution >= 4 is 0 Å². The quantitative estimate of drug-likeness (QED) is 0.924. The highest BCUT2D eigenvalue weighted by Crippen LogP contribution is 2.32. The summed E-state index contributed by atoms with van der Waals surface area (Å²) in [6.45, 7) is 3.74. The first-order valence-electron chi connectivity index (χ1n) is 7.06. The molecule has 1 aliphatic rings. The van der Waals surface area contributed by atoms with Gasteiger partial charge in [-0.25, -0.2) is 0 Å². The molecule has 0 spiro atoms. The molecule has 3 heteroatoms. The van der Waals surface area contributed by atoms with Gasteiger partial charge in [-0.1, -0.05) is 25.1 Å². The van der Waals surface area contributed by atoms with E-state index in [4.69, 9.17) is 4.74 Å². The molecular formula is C17H20N2O. The molecule has 2 unspecified atom stereocenters. The molecular weight excluding hydrogens is 248 g/mol. The third kappa shape index (κ3) is 2.47. The topological polar surface area (TPSA) is 34.1 Å². The van der Waals surface area contributed by atoms with Gasteiger partial charge in [0.25, 0.3) is 0 Å². The van der Waals surface area contributed by atoms with E-state index in [2.05, 4.69) is 47.6 Å². The zero-order valence-electron chi connectivity index (χ0n) is 12.0. The van der Waals surface area contributed by atoms with Crippen LogP contribution in [0.4, 0.5) is 0 Å². The molecule has 1 aromatic carbocycles. The Morgan fingerprint density at radius 2 is 1.80 bits per heavy atom. The van der Waals surface area contributed by atoms with E-state index in [1.165, 1.54) is 22.3 Å². The number of ether oxygens (including phenoxy) is 1. The molecule has 0 amide bonds. The molecule has 0 fully saturated rings. The maximum atomic E-state index is 5.50. The SMILES string of the molecule is CNC(c1ccc2c(c1)COC2)C(C)c1ccncc1. The summed E-state index contributed by atoms with van der Waals surface area (Å²) < 4.78 is 5.50. The number of fused-ring (bicyclic) bond motifs is 1. The third-order valence-corrected chi connectivity index (χ3v) is 4.15. The van der Waals surface area contributed by atoms with Gasteiger partial charge in [-0.15, -0.1) is 0 Å². The van der Waals surface area contributed by atoms with E-state index in [9.17, 15) is 0 Å². The molecule has 2 heterocycles. The molecule has 0 saturated carbocycles. The number of hydrogen-bond donors (Lipinski definition) is 1. The van der Waals surface area contributed by atoms with Crippen molar-refractivity contribution in [2.24, 2.45) is 0 Å².